The van der Waals surface area contributed by atoms with Crippen LogP contribution in [0.25, 0.3) is 21.4 Å². The Labute approximate surface area is 170 Å². The fourth-order valence-corrected chi connectivity index (χ4v) is 4.56. The molecule has 6 heteroatoms. The third-order valence-corrected chi connectivity index (χ3v) is 6.06. The highest BCUT2D eigenvalue weighted by atomic mass is 32.1. The number of carbonyl (C=O) groups excluding carboxylic acids is 1. The van der Waals surface area contributed by atoms with E-state index >= 15 is 0 Å². The average molecular weight is 404 g/mol. The third kappa shape index (κ3) is 3.21. The van der Waals surface area contributed by atoms with Crippen molar-refractivity contribution in [3.8, 4) is 16.2 Å². The first-order chi connectivity index (χ1) is 14.1. The van der Waals surface area contributed by atoms with Crippen molar-refractivity contribution in [2.75, 3.05) is 0 Å². The Morgan fingerprint density at radius 2 is 2.00 bits per heavy atom. The van der Waals surface area contributed by atoms with E-state index in [0.717, 1.165) is 32.7 Å². The van der Waals surface area contributed by atoms with Crippen molar-refractivity contribution in [2.24, 2.45) is 0 Å². The first kappa shape index (κ1) is 17.7. The molecule has 2 aromatic carbocycles. The minimum Gasteiger partial charge on any atom is -0.488 e. The molecule has 1 aliphatic heterocycles. The lowest BCUT2D eigenvalue weighted by molar-refractivity contribution is 0.0479. The van der Waals surface area contributed by atoms with Gasteiger partial charge in [0.15, 0.2) is 0 Å². The van der Waals surface area contributed by atoms with E-state index in [1.807, 2.05) is 49.4 Å². The Morgan fingerprint density at radius 3 is 2.90 bits per heavy atom. The fraction of sp³-hybridized carbons (Fsp3) is 0.130. The Bertz CT molecular complexity index is 1310. The molecule has 0 N–H and O–H groups in total. The quantitative estimate of drug-likeness (QED) is 0.352. The van der Waals surface area contributed by atoms with Crippen molar-refractivity contribution in [3.05, 3.63) is 86.6 Å². The van der Waals surface area contributed by atoms with Gasteiger partial charge in [0.25, 0.3) is 0 Å². The number of aryl methyl sites for hydroxylation is 1. The highest BCUT2D eigenvalue weighted by molar-refractivity contribution is 7.17. The molecule has 1 aliphatic rings. The molecule has 5 rings (SSSR count). The van der Waals surface area contributed by atoms with Gasteiger partial charge in [-0.2, -0.15) is 0 Å². The number of hydrogen-bond donors (Lipinski definition) is 0. The number of ether oxygens (including phenoxy) is 2. The summed E-state index contributed by atoms with van der Waals surface area (Å²) < 4.78 is 16.5. The van der Waals surface area contributed by atoms with Gasteiger partial charge >= 0.3 is 11.6 Å². The van der Waals surface area contributed by atoms with Crippen molar-refractivity contribution in [1.82, 2.24) is 0 Å². The molecule has 0 spiro atoms. The lowest BCUT2D eigenvalue weighted by Crippen LogP contribution is -2.07. The largest absolute Gasteiger partial charge is 0.488 e. The predicted octanol–water partition coefficient (Wildman–Crippen LogP) is 5.08. The maximum Gasteiger partial charge on any atom is 0.348 e. The number of thiophene rings is 1. The molecule has 4 aromatic rings. The van der Waals surface area contributed by atoms with Crippen LogP contribution in [0.15, 0.2) is 63.8 Å². The summed E-state index contributed by atoms with van der Waals surface area (Å²) >= 11 is 1.40. The summed E-state index contributed by atoms with van der Waals surface area (Å²) in [6, 6.07) is 16.6. The molecule has 0 unspecified atom stereocenters. The van der Waals surface area contributed by atoms with Gasteiger partial charge in [-0.25, -0.2) is 9.59 Å². The van der Waals surface area contributed by atoms with Gasteiger partial charge in [-0.3, -0.25) is 0 Å². The fourth-order valence-electron chi connectivity index (χ4n) is 3.47. The maximum absolute atomic E-state index is 12.7. The van der Waals surface area contributed by atoms with Crippen LogP contribution in [0.3, 0.4) is 0 Å². The normalized spacial score (nSPS) is 12.2. The Hall–Kier alpha value is -3.38. The van der Waals surface area contributed by atoms with Crippen LogP contribution in [0, 0.1) is 6.92 Å². The van der Waals surface area contributed by atoms with E-state index in [2.05, 4.69) is 0 Å². The summed E-state index contributed by atoms with van der Waals surface area (Å²) in [6.07, 6.45) is 0. The summed E-state index contributed by atoms with van der Waals surface area (Å²) in [4.78, 5) is 26.1. The molecule has 0 saturated heterocycles. The Kier molecular flexibility index (Phi) is 4.21. The molecule has 0 radical (unpaired) electrons. The van der Waals surface area contributed by atoms with Crippen LogP contribution in [0.1, 0.15) is 26.4 Å². The zero-order chi connectivity index (χ0) is 20.0. The number of para-hydroxylation sites is 1. The molecule has 0 atom stereocenters. The van der Waals surface area contributed by atoms with Gasteiger partial charge in [0, 0.05) is 33.0 Å². The van der Waals surface area contributed by atoms with Crippen molar-refractivity contribution in [3.63, 3.8) is 0 Å². The van der Waals surface area contributed by atoms with Crippen LogP contribution in [0.5, 0.6) is 5.75 Å². The van der Waals surface area contributed by atoms with Gasteiger partial charge in [0.1, 0.15) is 29.4 Å². The summed E-state index contributed by atoms with van der Waals surface area (Å²) in [7, 11) is 0. The topological polar surface area (TPSA) is 65.7 Å². The van der Waals surface area contributed by atoms with Crippen LogP contribution < -0.4 is 10.4 Å². The number of esters is 1. The van der Waals surface area contributed by atoms with Crippen LogP contribution >= 0.6 is 11.3 Å². The minimum atomic E-state index is -0.463. The lowest BCUT2D eigenvalue weighted by Gasteiger charge is -2.16. The Balaban J connectivity index is 1.41. The van der Waals surface area contributed by atoms with E-state index in [1.165, 1.54) is 17.4 Å². The zero-order valence-electron chi connectivity index (χ0n) is 15.6. The van der Waals surface area contributed by atoms with Gasteiger partial charge in [0.05, 0.1) is 0 Å². The van der Waals surface area contributed by atoms with Crippen molar-refractivity contribution >= 4 is 28.3 Å². The van der Waals surface area contributed by atoms with Crippen molar-refractivity contribution in [1.29, 1.82) is 0 Å². The second kappa shape index (κ2) is 6.90. The van der Waals surface area contributed by atoms with Crippen molar-refractivity contribution < 1.29 is 18.7 Å². The van der Waals surface area contributed by atoms with Gasteiger partial charge in [-0.05, 0) is 36.8 Å². The molecule has 5 nitrogen and oxygen atoms in total. The van der Waals surface area contributed by atoms with Gasteiger partial charge in [0.2, 0.25) is 0 Å². The predicted molar refractivity (Wildman–Crippen MR) is 110 cm³/mol. The first-order valence-electron chi connectivity index (χ1n) is 9.14. The standard InChI is InChI=1S/C23H16O5S/c1-13-6-7-16-14(10-21(24)28-19(16)8-13)11-27-23(25)20-9-15-12-26-18-5-3-2-4-17(18)22(15)29-20/h2-10H,11-12H2,1H3. The van der Waals surface area contributed by atoms with Crippen LogP contribution in [-0.2, 0) is 18.0 Å². The number of hydrogen-bond acceptors (Lipinski definition) is 6. The number of carbonyl (C=O) groups is 1. The molecule has 0 amide bonds. The average Bonchev–Trinajstić information content (AvgIpc) is 3.16. The molecule has 0 aliphatic carbocycles. The smallest absolute Gasteiger partial charge is 0.348 e. The zero-order valence-corrected chi connectivity index (χ0v) is 16.4. The van der Waals surface area contributed by atoms with Crippen molar-refractivity contribution in [2.45, 2.75) is 20.1 Å². The van der Waals surface area contributed by atoms with Crippen LogP contribution in [0.2, 0.25) is 0 Å². The summed E-state index contributed by atoms with van der Waals surface area (Å²) in [6.45, 7) is 2.35. The van der Waals surface area contributed by atoms with E-state index in [-0.39, 0.29) is 6.61 Å². The number of benzene rings is 2. The second-order valence-electron chi connectivity index (χ2n) is 6.92. The molecule has 0 fully saturated rings. The number of rotatable bonds is 3. The number of fused-ring (bicyclic) bond motifs is 4. The lowest BCUT2D eigenvalue weighted by atomic mass is 10.1. The first-order valence-corrected chi connectivity index (χ1v) is 9.95. The van der Waals surface area contributed by atoms with E-state index in [9.17, 15) is 9.59 Å². The summed E-state index contributed by atoms with van der Waals surface area (Å²) in [5.41, 5.74) is 3.60. The highest BCUT2D eigenvalue weighted by Crippen LogP contribution is 2.42. The summed E-state index contributed by atoms with van der Waals surface area (Å²) in [5, 5.41) is 0.760. The van der Waals surface area contributed by atoms with Gasteiger partial charge < -0.3 is 13.9 Å². The minimum absolute atomic E-state index is 0.000349. The molecule has 0 saturated carbocycles. The second-order valence-corrected chi connectivity index (χ2v) is 7.97. The molecule has 2 aromatic heterocycles. The SMILES string of the molecule is Cc1ccc2c(COC(=O)c3cc4c(s3)-c3ccccc3OC4)cc(=O)oc2c1. The molecule has 0 bridgehead atoms. The van der Waals surface area contributed by atoms with Gasteiger partial charge in [-0.15, -0.1) is 11.3 Å². The van der Waals surface area contributed by atoms with E-state index in [0.29, 0.717) is 22.6 Å². The van der Waals surface area contributed by atoms with E-state index in [1.54, 1.807) is 6.07 Å². The maximum atomic E-state index is 12.7. The molecular formula is C23H16O5S. The van der Waals surface area contributed by atoms with Crippen LogP contribution in [0.4, 0.5) is 0 Å². The molecule has 29 heavy (non-hydrogen) atoms. The van der Waals surface area contributed by atoms with Gasteiger partial charge in [-0.1, -0.05) is 24.3 Å². The monoisotopic (exact) mass is 404 g/mol. The molecule has 3 heterocycles. The van der Waals surface area contributed by atoms with E-state index in [4.69, 9.17) is 13.9 Å². The third-order valence-electron chi connectivity index (χ3n) is 4.87. The molecular weight excluding hydrogens is 388 g/mol. The Morgan fingerprint density at radius 1 is 1.14 bits per heavy atom. The molecule has 144 valence electrons. The van der Waals surface area contributed by atoms with Crippen LogP contribution in [-0.4, -0.2) is 5.97 Å². The highest BCUT2D eigenvalue weighted by Gasteiger charge is 2.23. The van der Waals surface area contributed by atoms with E-state index < -0.39 is 11.6 Å². The summed E-state index contributed by atoms with van der Waals surface area (Å²) in [5.74, 6) is 0.398.